The number of hydrogen-bond acceptors (Lipinski definition) is 5. The lowest BCUT2D eigenvalue weighted by Crippen LogP contribution is -2.38. The third-order valence-corrected chi connectivity index (χ3v) is 5.83. The molecule has 0 radical (unpaired) electrons. The number of rotatable bonds is 5. The Kier molecular flexibility index (Phi) is 6.80. The van der Waals surface area contributed by atoms with Crippen molar-refractivity contribution in [2.45, 2.75) is 31.9 Å². The molecule has 1 aliphatic rings. The zero-order chi connectivity index (χ0) is 20.5. The van der Waals surface area contributed by atoms with Crippen LogP contribution < -0.4 is 11.2 Å². The molecule has 0 aliphatic carbocycles. The Hall–Kier alpha value is -2.42. The van der Waals surface area contributed by atoms with Gasteiger partial charge in [-0.3, -0.25) is 13.9 Å². The topological polar surface area (TPSA) is 85.3 Å². The Labute approximate surface area is 180 Å². The molecule has 1 aliphatic heterocycles. The van der Waals surface area contributed by atoms with Gasteiger partial charge in [-0.1, -0.05) is 36.8 Å². The molecular formula is C21H28ClN5O3. The van der Waals surface area contributed by atoms with E-state index in [1.807, 2.05) is 30.3 Å². The van der Waals surface area contributed by atoms with Crippen LogP contribution in [0.2, 0.25) is 0 Å². The van der Waals surface area contributed by atoms with Gasteiger partial charge in [-0.2, -0.15) is 0 Å². The van der Waals surface area contributed by atoms with E-state index in [2.05, 4.69) is 9.88 Å². The van der Waals surface area contributed by atoms with E-state index in [-0.39, 0.29) is 18.0 Å². The van der Waals surface area contributed by atoms with Crippen LogP contribution in [-0.4, -0.2) is 48.3 Å². The van der Waals surface area contributed by atoms with Crippen molar-refractivity contribution >= 4 is 23.6 Å². The highest BCUT2D eigenvalue weighted by Gasteiger charge is 2.24. The first-order valence-electron chi connectivity index (χ1n) is 10.1. The molecule has 0 spiro atoms. The highest BCUT2D eigenvalue weighted by Crippen LogP contribution is 2.24. The Morgan fingerprint density at radius 2 is 1.67 bits per heavy atom. The summed E-state index contributed by atoms with van der Waals surface area (Å²) in [5.41, 5.74) is 0.548. The number of halogens is 1. The highest BCUT2D eigenvalue weighted by atomic mass is 35.5. The predicted molar refractivity (Wildman–Crippen MR) is 118 cm³/mol. The molecule has 0 amide bonds. The predicted octanol–water partition coefficient (Wildman–Crippen LogP) is 1.42. The summed E-state index contributed by atoms with van der Waals surface area (Å²) in [5, 5.41) is 11.0. The third kappa shape index (κ3) is 3.95. The Morgan fingerprint density at radius 3 is 2.33 bits per heavy atom. The first-order chi connectivity index (χ1) is 14.0. The smallest absolute Gasteiger partial charge is 0.332 e. The normalized spacial score (nSPS) is 15.8. The van der Waals surface area contributed by atoms with Crippen molar-refractivity contribution in [2.24, 2.45) is 14.1 Å². The van der Waals surface area contributed by atoms with E-state index in [1.54, 1.807) is 11.6 Å². The molecule has 2 aromatic heterocycles. The number of likely N-dealkylation sites (tertiary alicyclic amines) is 1. The van der Waals surface area contributed by atoms with Crippen LogP contribution in [0.25, 0.3) is 11.2 Å². The first-order valence-corrected chi connectivity index (χ1v) is 10.1. The summed E-state index contributed by atoms with van der Waals surface area (Å²) in [6.45, 7) is 3.38. The number of aryl methyl sites for hydroxylation is 1. The second kappa shape index (κ2) is 9.16. The zero-order valence-electron chi connectivity index (χ0n) is 17.3. The lowest BCUT2D eigenvalue weighted by Gasteiger charge is -2.27. The van der Waals surface area contributed by atoms with Crippen LogP contribution >= 0.6 is 12.4 Å². The fourth-order valence-corrected chi connectivity index (χ4v) is 4.11. The molecule has 1 N–H and O–H groups in total. The van der Waals surface area contributed by atoms with Crippen molar-refractivity contribution in [1.29, 1.82) is 0 Å². The van der Waals surface area contributed by atoms with Gasteiger partial charge in [-0.15, -0.1) is 12.4 Å². The monoisotopic (exact) mass is 433 g/mol. The van der Waals surface area contributed by atoms with Gasteiger partial charge in [0, 0.05) is 27.2 Å². The van der Waals surface area contributed by atoms with Crippen molar-refractivity contribution in [3.05, 3.63) is 62.6 Å². The molecule has 3 heterocycles. The van der Waals surface area contributed by atoms with E-state index in [4.69, 9.17) is 0 Å². The molecule has 3 aromatic rings. The maximum Gasteiger partial charge on any atom is 0.332 e. The number of imidazole rings is 1. The van der Waals surface area contributed by atoms with Crippen molar-refractivity contribution in [1.82, 2.24) is 23.6 Å². The molecule has 0 bridgehead atoms. The molecule has 1 aromatic carbocycles. The van der Waals surface area contributed by atoms with Crippen molar-refractivity contribution in [3.63, 3.8) is 0 Å². The quantitative estimate of drug-likeness (QED) is 0.657. The zero-order valence-corrected chi connectivity index (χ0v) is 18.1. The number of piperidine rings is 1. The van der Waals surface area contributed by atoms with Gasteiger partial charge in [0.05, 0.1) is 0 Å². The van der Waals surface area contributed by atoms with E-state index in [0.29, 0.717) is 29.1 Å². The van der Waals surface area contributed by atoms with Crippen LogP contribution in [0.1, 0.15) is 36.8 Å². The number of benzene rings is 1. The highest BCUT2D eigenvalue weighted by molar-refractivity contribution is 5.85. The Balaban J connectivity index is 0.00000256. The maximum absolute atomic E-state index is 12.9. The Morgan fingerprint density at radius 1 is 1.00 bits per heavy atom. The van der Waals surface area contributed by atoms with Crippen molar-refractivity contribution in [2.75, 3.05) is 19.6 Å². The van der Waals surface area contributed by atoms with Crippen LogP contribution in [0.4, 0.5) is 0 Å². The average molecular weight is 434 g/mol. The average Bonchev–Trinajstić information content (AvgIpc) is 3.15. The number of fused-ring (bicyclic) bond motifs is 1. The summed E-state index contributed by atoms with van der Waals surface area (Å²) in [4.78, 5) is 32.2. The van der Waals surface area contributed by atoms with Crippen molar-refractivity contribution < 1.29 is 5.11 Å². The van der Waals surface area contributed by atoms with Gasteiger partial charge in [0.15, 0.2) is 11.2 Å². The maximum atomic E-state index is 12.9. The minimum Gasteiger partial charge on any atom is -0.380 e. The molecule has 1 atom stereocenters. The summed E-state index contributed by atoms with van der Waals surface area (Å²) in [6, 6.07) is 9.25. The van der Waals surface area contributed by atoms with Gasteiger partial charge in [-0.25, -0.2) is 9.78 Å². The minimum atomic E-state index is -0.982. The standard InChI is InChI=1S/C21H27N5O3.ClH/c1-23-18-16(20(28)24(2)21(23)29)26(14-13-25-11-7-4-8-12-25)19(22-18)17(27)15-9-5-3-6-10-15;/h3,5-6,9-10,17,27H,4,7-8,11-14H2,1-2H3;1H. The number of aliphatic hydroxyl groups is 1. The van der Waals surface area contributed by atoms with E-state index >= 15 is 0 Å². The first kappa shape index (κ1) is 22.3. The lowest BCUT2D eigenvalue weighted by molar-refractivity contribution is 0.195. The van der Waals surface area contributed by atoms with Crippen LogP contribution in [0.5, 0.6) is 0 Å². The summed E-state index contributed by atoms with van der Waals surface area (Å²) < 4.78 is 4.26. The SMILES string of the molecule is Cl.Cn1c(=O)c2c(nc(C(O)c3ccccc3)n2CCN2CCCCC2)n(C)c1=O. The van der Waals surface area contributed by atoms with Crippen LogP contribution in [0, 0.1) is 0 Å². The largest absolute Gasteiger partial charge is 0.380 e. The minimum absolute atomic E-state index is 0. The van der Waals surface area contributed by atoms with Crippen molar-refractivity contribution in [3.8, 4) is 0 Å². The summed E-state index contributed by atoms with van der Waals surface area (Å²) in [7, 11) is 3.07. The van der Waals surface area contributed by atoms with Gasteiger partial charge in [0.25, 0.3) is 5.56 Å². The summed E-state index contributed by atoms with van der Waals surface area (Å²) in [6.07, 6.45) is 2.64. The number of aromatic nitrogens is 4. The lowest BCUT2D eigenvalue weighted by atomic mass is 10.1. The van der Waals surface area contributed by atoms with Crippen LogP contribution in [-0.2, 0) is 20.6 Å². The van der Waals surface area contributed by atoms with Gasteiger partial charge in [-0.05, 0) is 31.5 Å². The second-order valence-corrected chi connectivity index (χ2v) is 7.72. The van der Waals surface area contributed by atoms with E-state index in [9.17, 15) is 14.7 Å². The van der Waals surface area contributed by atoms with Crippen LogP contribution in [0.15, 0.2) is 39.9 Å². The van der Waals surface area contributed by atoms with E-state index in [1.165, 1.54) is 30.9 Å². The third-order valence-electron chi connectivity index (χ3n) is 5.83. The summed E-state index contributed by atoms with van der Waals surface area (Å²) >= 11 is 0. The number of hydrogen-bond donors (Lipinski definition) is 1. The molecule has 1 saturated heterocycles. The van der Waals surface area contributed by atoms with Crippen LogP contribution in [0.3, 0.4) is 0 Å². The molecule has 8 nitrogen and oxygen atoms in total. The molecule has 1 unspecified atom stereocenters. The molecule has 0 saturated carbocycles. The second-order valence-electron chi connectivity index (χ2n) is 7.72. The fraction of sp³-hybridized carbons (Fsp3) is 0.476. The number of nitrogens with zero attached hydrogens (tertiary/aromatic N) is 5. The van der Waals surface area contributed by atoms with Gasteiger partial charge < -0.3 is 14.6 Å². The molecule has 9 heteroatoms. The molecule has 1 fully saturated rings. The molecule has 4 rings (SSSR count). The van der Waals surface area contributed by atoms with E-state index in [0.717, 1.165) is 24.2 Å². The van der Waals surface area contributed by atoms with Gasteiger partial charge in [0.2, 0.25) is 0 Å². The molecule has 30 heavy (non-hydrogen) atoms. The Bertz CT molecular complexity index is 1130. The van der Waals surface area contributed by atoms with Gasteiger partial charge in [0.1, 0.15) is 11.9 Å². The summed E-state index contributed by atoms with van der Waals surface area (Å²) in [5.74, 6) is 0.390. The fourth-order valence-electron chi connectivity index (χ4n) is 4.11. The molecular weight excluding hydrogens is 406 g/mol. The molecule has 162 valence electrons. The van der Waals surface area contributed by atoms with Gasteiger partial charge >= 0.3 is 5.69 Å². The number of aliphatic hydroxyl groups excluding tert-OH is 1. The van der Waals surface area contributed by atoms with E-state index < -0.39 is 11.8 Å².